The number of hydrogen-bond acceptors (Lipinski definition) is 0. The Morgan fingerprint density at radius 3 is 2.75 bits per heavy atom. The fourth-order valence-corrected chi connectivity index (χ4v) is 4.02. The van der Waals surface area contributed by atoms with Gasteiger partial charge in [0.05, 0.1) is 0 Å². The molecule has 3 rings (SSSR count). The molecule has 3 aliphatic carbocycles. The van der Waals surface area contributed by atoms with Gasteiger partial charge in [0.2, 0.25) is 0 Å². The average Bonchev–Trinajstić information content (AvgIpc) is 2.87. The summed E-state index contributed by atoms with van der Waals surface area (Å²) >= 11 is 0. The minimum Gasteiger partial charge on any atom is -0.0871 e. The fraction of sp³-hybridized carbons (Fsp3) is 0.625. The number of hydrogen-bond donors (Lipinski definition) is 0. The van der Waals surface area contributed by atoms with E-state index < -0.39 is 0 Å². The Balaban J connectivity index is 1.87. The Morgan fingerprint density at radius 2 is 2.00 bits per heavy atom. The highest BCUT2D eigenvalue weighted by Crippen LogP contribution is 2.56. The molecule has 0 amide bonds. The van der Waals surface area contributed by atoms with E-state index in [0.717, 1.165) is 0 Å². The quantitative estimate of drug-likeness (QED) is 0.580. The van der Waals surface area contributed by atoms with Crippen LogP contribution in [-0.2, 0) is 0 Å². The normalized spacial score (nSPS) is 27.9. The van der Waals surface area contributed by atoms with E-state index in [4.69, 9.17) is 0 Å². The van der Waals surface area contributed by atoms with Crippen LogP contribution in [0.1, 0.15) is 58.3 Å². The van der Waals surface area contributed by atoms with Crippen LogP contribution < -0.4 is 0 Å². The van der Waals surface area contributed by atoms with Crippen molar-refractivity contribution in [1.82, 2.24) is 0 Å². The maximum Gasteiger partial charge on any atom is -0.0214 e. The molecule has 0 heterocycles. The summed E-state index contributed by atoms with van der Waals surface area (Å²) in [6.45, 7) is 2.13. The Morgan fingerprint density at radius 1 is 1.19 bits per heavy atom. The zero-order valence-electron chi connectivity index (χ0n) is 10.4. The smallest absolute Gasteiger partial charge is 0.0214 e. The third-order valence-electron chi connectivity index (χ3n) is 4.74. The van der Waals surface area contributed by atoms with Crippen molar-refractivity contribution < 1.29 is 0 Å². The predicted molar refractivity (Wildman–Crippen MR) is 69.3 cm³/mol. The topological polar surface area (TPSA) is 0 Å². The van der Waals surface area contributed by atoms with Crippen molar-refractivity contribution in [2.45, 2.75) is 58.3 Å². The van der Waals surface area contributed by atoms with Crippen molar-refractivity contribution in [2.24, 2.45) is 5.41 Å². The molecule has 1 spiro atoms. The van der Waals surface area contributed by atoms with Crippen LogP contribution in [0.4, 0.5) is 0 Å². The summed E-state index contributed by atoms with van der Waals surface area (Å²) < 4.78 is 0. The molecule has 0 N–H and O–H groups in total. The summed E-state index contributed by atoms with van der Waals surface area (Å²) in [5, 5.41) is 0. The van der Waals surface area contributed by atoms with Gasteiger partial charge in [-0.05, 0) is 62.0 Å². The lowest BCUT2D eigenvalue weighted by Gasteiger charge is -2.23. The molecule has 0 saturated heterocycles. The molecule has 0 aromatic carbocycles. The fourth-order valence-electron chi connectivity index (χ4n) is 4.02. The SMILES string of the molecule is CC=CC1=CCCC2=C1CC1(CCCC1)C2. The van der Waals surface area contributed by atoms with Gasteiger partial charge in [0, 0.05) is 0 Å². The van der Waals surface area contributed by atoms with Gasteiger partial charge in [-0.25, -0.2) is 0 Å². The maximum absolute atomic E-state index is 2.45. The van der Waals surface area contributed by atoms with Gasteiger partial charge < -0.3 is 0 Å². The molecule has 1 saturated carbocycles. The Bertz CT molecular complexity index is 373. The molecule has 0 bridgehead atoms. The summed E-state index contributed by atoms with van der Waals surface area (Å²) in [6.07, 6.45) is 18.3. The van der Waals surface area contributed by atoms with Gasteiger partial charge >= 0.3 is 0 Å². The lowest BCUT2D eigenvalue weighted by Crippen LogP contribution is -2.11. The molecule has 0 atom stereocenters. The summed E-state index contributed by atoms with van der Waals surface area (Å²) in [4.78, 5) is 0. The molecule has 0 unspecified atom stereocenters. The van der Waals surface area contributed by atoms with Crippen molar-refractivity contribution in [2.75, 3.05) is 0 Å². The van der Waals surface area contributed by atoms with Gasteiger partial charge in [-0.3, -0.25) is 0 Å². The van der Waals surface area contributed by atoms with E-state index in [1.165, 1.54) is 51.4 Å². The molecule has 0 heteroatoms. The zero-order chi connectivity index (χ0) is 11.0. The van der Waals surface area contributed by atoms with Crippen LogP contribution >= 0.6 is 0 Å². The van der Waals surface area contributed by atoms with Gasteiger partial charge in [-0.1, -0.05) is 36.6 Å². The van der Waals surface area contributed by atoms with Crippen LogP contribution in [0.25, 0.3) is 0 Å². The largest absolute Gasteiger partial charge is 0.0871 e. The third kappa shape index (κ3) is 1.59. The van der Waals surface area contributed by atoms with Crippen LogP contribution in [0, 0.1) is 5.41 Å². The van der Waals surface area contributed by atoms with Crippen molar-refractivity contribution in [3.8, 4) is 0 Å². The van der Waals surface area contributed by atoms with E-state index >= 15 is 0 Å². The van der Waals surface area contributed by atoms with Crippen LogP contribution in [-0.4, -0.2) is 0 Å². The van der Waals surface area contributed by atoms with Crippen LogP contribution in [0.2, 0.25) is 0 Å². The van der Waals surface area contributed by atoms with Crippen molar-refractivity contribution in [3.05, 3.63) is 34.9 Å². The summed E-state index contributed by atoms with van der Waals surface area (Å²) in [7, 11) is 0. The van der Waals surface area contributed by atoms with Gasteiger partial charge in [-0.2, -0.15) is 0 Å². The summed E-state index contributed by atoms with van der Waals surface area (Å²) in [5.74, 6) is 0. The minimum atomic E-state index is 0.704. The first kappa shape index (κ1) is 10.4. The van der Waals surface area contributed by atoms with Crippen LogP contribution in [0.5, 0.6) is 0 Å². The first-order chi connectivity index (χ1) is 7.83. The summed E-state index contributed by atoms with van der Waals surface area (Å²) in [5.41, 5.74) is 5.78. The van der Waals surface area contributed by atoms with Crippen LogP contribution in [0.15, 0.2) is 34.9 Å². The highest BCUT2D eigenvalue weighted by Gasteiger charge is 2.41. The van der Waals surface area contributed by atoms with Gasteiger partial charge in [0.1, 0.15) is 0 Å². The highest BCUT2D eigenvalue weighted by molar-refractivity contribution is 5.48. The van der Waals surface area contributed by atoms with Crippen molar-refractivity contribution in [3.63, 3.8) is 0 Å². The lowest BCUT2D eigenvalue weighted by atomic mass is 9.82. The minimum absolute atomic E-state index is 0.704. The molecule has 0 radical (unpaired) electrons. The molecule has 16 heavy (non-hydrogen) atoms. The Kier molecular flexibility index (Phi) is 2.53. The highest BCUT2D eigenvalue weighted by atomic mass is 14.5. The second-order valence-corrected chi connectivity index (χ2v) is 5.84. The molecule has 1 fully saturated rings. The van der Waals surface area contributed by atoms with Gasteiger partial charge in [0.25, 0.3) is 0 Å². The number of allylic oxidation sites excluding steroid dienone is 6. The van der Waals surface area contributed by atoms with E-state index in [-0.39, 0.29) is 0 Å². The van der Waals surface area contributed by atoms with Gasteiger partial charge in [-0.15, -0.1) is 0 Å². The van der Waals surface area contributed by atoms with E-state index in [0.29, 0.717) is 5.41 Å². The average molecular weight is 214 g/mol. The van der Waals surface area contributed by atoms with E-state index in [1.54, 1.807) is 16.7 Å². The van der Waals surface area contributed by atoms with Crippen molar-refractivity contribution in [1.29, 1.82) is 0 Å². The predicted octanol–water partition coefficient (Wildman–Crippen LogP) is 4.93. The van der Waals surface area contributed by atoms with Gasteiger partial charge in [0.15, 0.2) is 0 Å². The van der Waals surface area contributed by atoms with E-state index in [1.807, 2.05) is 0 Å². The molecule has 86 valence electrons. The third-order valence-corrected chi connectivity index (χ3v) is 4.74. The zero-order valence-corrected chi connectivity index (χ0v) is 10.4. The first-order valence-electron chi connectivity index (χ1n) is 6.87. The number of rotatable bonds is 1. The molecule has 0 aliphatic heterocycles. The van der Waals surface area contributed by atoms with Crippen LogP contribution in [0.3, 0.4) is 0 Å². The first-order valence-corrected chi connectivity index (χ1v) is 6.87. The monoisotopic (exact) mass is 214 g/mol. The molecule has 0 aromatic heterocycles. The second kappa shape index (κ2) is 3.91. The lowest BCUT2D eigenvalue weighted by molar-refractivity contribution is 0.315. The molecule has 0 aromatic rings. The molecule has 3 aliphatic rings. The molecular formula is C16H22. The summed E-state index contributed by atoms with van der Waals surface area (Å²) in [6, 6.07) is 0. The maximum atomic E-state index is 2.45. The molecule has 0 nitrogen and oxygen atoms in total. The van der Waals surface area contributed by atoms with E-state index in [9.17, 15) is 0 Å². The molecular weight excluding hydrogens is 192 g/mol. The standard InChI is InChI=1S/C16H22/c1-2-6-13-7-5-8-14-11-16(12-15(13)14)9-3-4-10-16/h2,6-7H,3-5,8-12H2,1H3. The van der Waals surface area contributed by atoms with E-state index in [2.05, 4.69) is 25.2 Å². The second-order valence-electron chi connectivity index (χ2n) is 5.84. The Labute approximate surface area is 99.1 Å². The Hall–Kier alpha value is -0.780. The van der Waals surface area contributed by atoms with Crippen molar-refractivity contribution >= 4 is 0 Å².